The maximum atomic E-state index is 3.62. The summed E-state index contributed by atoms with van der Waals surface area (Å²) >= 11 is 0. The fourth-order valence-electron chi connectivity index (χ4n) is 2.77. The summed E-state index contributed by atoms with van der Waals surface area (Å²) in [7, 11) is 4.43. The molecule has 1 aliphatic heterocycles. The van der Waals surface area contributed by atoms with Gasteiger partial charge in [0.2, 0.25) is 0 Å². The molecule has 0 amide bonds. The first-order valence-electron chi connectivity index (χ1n) is 7.30. The average Bonchev–Trinajstić information content (AvgIpc) is 3.13. The predicted octanol–water partition coefficient (Wildman–Crippen LogP) is 1.54. The lowest BCUT2D eigenvalue weighted by Crippen LogP contribution is -2.48. The average molecular weight is 239 g/mol. The lowest BCUT2D eigenvalue weighted by atomic mass is 10.0. The number of hydrogen-bond acceptors (Lipinski definition) is 3. The third kappa shape index (κ3) is 4.23. The van der Waals surface area contributed by atoms with Gasteiger partial charge in [-0.15, -0.1) is 0 Å². The van der Waals surface area contributed by atoms with Crippen LogP contribution >= 0.6 is 0 Å². The third-order valence-electron chi connectivity index (χ3n) is 4.35. The van der Waals surface area contributed by atoms with E-state index in [-0.39, 0.29) is 0 Å². The molecule has 0 aromatic heterocycles. The maximum absolute atomic E-state index is 3.62. The van der Waals surface area contributed by atoms with Crippen LogP contribution in [0.3, 0.4) is 0 Å². The normalized spacial score (nSPS) is 28.6. The van der Waals surface area contributed by atoms with Crippen LogP contribution in [0.4, 0.5) is 0 Å². The first-order chi connectivity index (χ1) is 8.16. The van der Waals surface area contributed by atoms with Crippen LogP contribution in [0, 0.1) is 0 Å². The van der Waals surface area contributed by atoms with Gasteiger partial charge in [0.25, 0.3) is 0 Å². The smallest absolute Gasteiger partial charge is 0.0217 e. The van der Waals surface area contributed by atoms with Gasteiger partial charge in [0.05, 0.1) is 0 Å². The van der Waals surface area contributed by atoms with E-state index in [9.17, 15) is 0 Å². The molecule has 3 nitrogen and oxygen atoms in total. The molecule has 0 radical (unpaired) electrons. The Kier molecular flexibility index (Phi) is 4.83. The summed E-state index contributed by atoms with van der Waals surface area (Å²) in [6.07, 6.45) is 6.85. The Labute approximate surface area is 107 Å². The molecule has 0 spiro atoms. The number of hydrogen-bond donors (Lipinski definition) is 1. The summed E-state index contributed by atoms with van der Waals surface area (Å²) in [4.78, 5) is 5.07. The van der Waals surface area contributed by atoms with E-state index in [2.05, 4.69) is 36.1 Å². The molecule has 1 N–H and O–H groups in total. The molecule has 17 heavy (non-hydrogen) atoms. The van der Waals surface area contributed by atoms with Gasteiger partial charge < -0.3 is 10.2 Å². The van der Waals surface area contributed by atoms with Crippen molar-refractivity contribution in [1.29, 1.82) is 0 Å². The Bertz CT molecular complexity index is 226. The van der Waals surface area contributed by atoms with Gasteiger partial charge in [0.1, 0.15) is 0 Å². The second-order valence-corrected chi connectivity index (χ2v) is 6.12. The molecule has 1 heterocycles. The fourth-order valence-corrected chi connectivity index (χ4v) is 2.77. The quantitative estimate of drug-likeness (QED) is 0.758. The van der Waals surface area contributed by atoms with E-state index in [0.29, 0.717) is 0 Å². The minimum absolute atomic E-state index is 0.740. The minimum atomic E-state index is 0.740. The molecule has 2 atom stereocenters. The highest BCUT2D eigenvalue weighted by Crippen LogP contribution is 2.20. The van der Waals surface area contributed by atoms with Gasteiger partial charge in [-0.05, 0) is 66.2 Å². The lowest BCUT2D eigenvalue weighted by molar-refractivity contribution is 0.0987. The molecule has 100 valence electrons. The van der Waals surface area contributed by atoms with Crippen LogP contribution in [0.2, 0.25) is 0 Å². The van der Waals surface area contributed by atoms with Crippen LogP contribution in [0.5, 0.6) is 0 Å². The molecule has 1 aliphatic carbocycles. The third-order valence-corrected chi connectivity index (χ3v) is 4.35. The summed E-state index contributed by atoms with van der Waals surface area (Å²) in [6.45, 7) is 6.16. The molecular formula is C14H29N3. The van der Waals surface area contributed by atoms with Crippen LogP contribution < -0.4 is 5.32 Å². The number of nitrogens with zero attached hydrogens (tertiary/aromatic N) is 2. The van der Waals surface area contributed by atoms with Gasteiger partial charge in [-0.2, -0.15) is 0 Å². The van der Waals surface area contributed by atoms with Crippen molar-refractivity contribution in [3.8, 4) is 0 Å². The molecule has 2 rings (SSSR count). The van der Waals surface area contributed by atoms with E-state index in [1.807, 2.05) is 0 Å². The van der Waals surface area contributed by atoms with Crippen molar-refractivity contribution in [3.05, 3.63) is 0 Å². The first-order valence-corrected chi connectivity index (χ1v) is 7.30. The van der Waals surface area contributed by atoms with Crippen LogP contribution in [-0.2, 0) is 0 Å². The van der Waals surface area contributed by atoms with E-state index in [4.69, 9.17) is 0 Å². The summed E-state index contributed by atoms with van der Waals surface area (Å²) in [5, 5.41) is 3.62. The highest BCUT2D eigenvalue weighted by molar-refractivity contribution is 4.83. The van der Waals surface area contributed by atoms with Crippen molar-refractivity contribution in [2.24, 2.45) is 0 Å². The van der Waals surface area contributed by atoms with Gasteiger partial charge in [0.15, 0.2) is 0 Å². The molecule has 2 aliphatic rings. The van der Waals surface area contributed by atoms with E-state index in [0.717, 1.165) is 18.1 Å². The number of piperidine rings is 1. The molecule has 0 aromatic carbocycles. The number of rotatable bonds is 6. The van der Waals surface area contributed by atoms with Crippen LogP contribution in [0.15, 0.2) is 0 Å². The monoisotopic (exact) mass is 239 g/mol. The first kappa shape index (κ1) is 13.3. The Morgan fingerprint density at radius 1 is 1.29 bits per heavy atom. The van der Waals surface area contributed by atoms with Crippen LogP contribution in [0.25, 0.3) is 0 Å². The summed E-state index contributed by atoms with van der Waals surface area (Å²) in [5.41, 5.74) is 0. The Hall–Kier alpha value is -0.120. The van der Waals surface area contributed by atoms with Gasteiger partial charge in [-0.25, -0.2) is 0 Å². The van der Waals surface area contributed by atoms with Gasteiger partial charge in [-0.1, -0.05) is 0 Å². The second-order valence-electron chi connectivity index (χ2n) is 6.12. The van der Waals surface area contributed by atoms with Crippen molar-refractivity contribution < 1.29 is 0 Å². The maximum Gasteiger partial charge on any atom is 0.0217 e. The second kappa shape index (κ2) is 6.17. The molecule has 1 saturated carbocycles. The summed E-state index contributed by atoms with van der Waals surface area (Å²) in [6, 6.07) is 2.37. The highest BCUT2D eigenvalue weighted by Gasteiger charge is 2.25. The predicted molar refractivity (Wildman–Crippen MR) is 73.4 cm³/mol. The molecule has 1 saturated heterocycles. The zero-order valence-corrected chi connectivity index (χ0v) is 11.8. The minimum Gasteiger partial charge on any atom is -0.314 e. The number of nitrogens with one attached hydrogen (secondary N) is 1. The largest absolute Gasteiger partial charge is 0.314 e. The standard InChI is InChI=1S/C14H29N3/c1-12(8-9-15-13-6-7-13)17-10-4-5-14(11-17)16(2)3/h12-15H,4-11H2,1-3H3. The van der Waals surface area contributed by atoms with Gasteiger partial charge in [-0.3, -0.25) is 4.90 Å². The number of likely N-dealkylation sites (tertiary alicyclic amines) is 1. The van der Waals surface area contributed by atoms with Gasteiger partial charge in [0, 0.05) is 24.7 Å². The zero-order valence-electron chi connectivity index (χ0n) is 11.8. The van der Waals surface area contributed by atoms with Crippen molar-refractivity contribution in [1.82, 2.24) is 15.1 Å². The van der Waals surface area contributed by atoms with Crippen molar-refractivity contribution in [2.75, 3.05) is 33.7 Å². The highest BCUT2D eigenvalue weighted by atomic mass is 15.2. The van der Waals surface area contributed by atoms with Gasteiger partial charge >= 0.3 is 0 Å². The SMILES string of the molecule is CC(CCNC1CC1)N1CCCC(N(C)C)C1. The van der Waals surface area contributed by atoms with Crippen molar-refractivity contribution in [2.45, 2.75) is 57.2 Å². The Balaban J connectivity index is 1.67. The zero-order chi connectivity index (χ0) is 12.3. The molecular weight excluding hydrogens is 210 g/mol. The number of likely N-dealkylation sites (N-methyl/N-ethyl adjacent to an activating group) is 1. The van der Waals surface area contributed by atoms with Crippen molar-refractivity contribution in [3.63, 3.8) is 0 Å². The topological polar surface area (TPSA) is 18.5 Å². The molecule has 0 bridgehead atoms. The summed E-state index contributed by atoms with van der Waals surface area (Å²) < 4.78 is 0. The molecule has 3 heteroatoms. The van der Waals surface area contributed by atoms with Crippen LogP contribution in [-0.4, -0.2) is 61.7 Å². The fraction of sp³-hybridized carbons (Fsp3) is 1.00. The van der Waals surface area contributed by atoms with E-state index >= 15 is 0 Å². The Morgan fingerprint density at radius 3 is 2.71 bits per heavy atom. The van der Waals surface area contributed by atoms with E-state index in [1.165, 1.54) is 51.7 Å². The Morgan fingerprint density at radius 2 is 2.06 bits per heavy atom. The molecule has 2 unspecified atom stereocenters. The molecule has 0 aromatic rings. The van der Waals surface area contributed by atoms with Crippen LogP contribution in [0.1, 0.15) is 39.0 Å². The van der Waals surface area contributed by atoms with E-state index < -0.39 is 0 Å². The van der Waals surface area contributed by atoms with Crippen molar-refractivity contribution >= 4 is 0 Å². The van der Waals surface area contributed by atoms with E-state index in [1.54, 1.807) is 0 Å². The lowest BCUT2D eigenvalue weighted by Gasteiger charge is -2.39. The molecule has 2 fully saturated rings. The summed E-state index contributed by atoms with van der Waals surface area (Å²) in [5.74, 6) is 0.